The molecule has 0 saturated carbocycles. The minimum Gasteiger partial charge on any atom is -0.497 e. The zero-order valence-corrected chi connectivity index (χ0v) is 15.9. The summed E-state index contributed by atoms with van der Waals surface area (Å²) in [6.07, 6.45) is 1.41. The van der Waals surface area contributed by atoms with Crippen LogP contribution in [0.3, 0.4) is 0 Å². The summed E-state index contributed by atoms with van der Waals surface area (Å²) in [5, 5.41) is 4.39. The quantitative estimate of drug-likeness (QED) is 0.543. The number of carbonyl (C=O) groups is 1. The van der Waals surface area contributed by atoms with Gasteiger partial charge in [-0.1, -0.05) is 23.7 Å². The largest absolute Gasteiger partial charge is 0.497 e. The fraction of sp³-hybridized carbons (Fsp3) is 0.0952. The van der Waals surface area contributed by atoms with Gasteiger partial charge in [-0.2, -0.15) is 0 Å². The van der Waals surface area contributed by atoms with Crippen LogP contribution >= 0.6 is 11.6 Å². The van der Waals surface area contributed by atoms with Gasteiger partial charge >= 0.3 is 0 Å². The highest BCUT2D eigenvalue weighted by Crippen LogP contribution is 2.28. The summed E-state index contributed by atoms with van der Waals surface area (Å²) in [5.41, 5.74) is 2.09. The van der Waals surface area contributed by atoms with Crippen molar-refractivity contribution in [3.63, 3.8) is 0 Å². The van der Waals surface area contributed by atoms with Crippen molar-refractivity contribution in [2.45, 2.75) is 6.92 Å². The number of methoxy groups -OCH3 is 1. The third-order valence-corrected chi connectivity index (χ3v) is 4.80. The van der Waals surface area contributed by atoms with Crippen LogP contribution in [-0.2, 0) is 0 Å². The average Bonchev–Trinajstić information content (AvgIpc) is 2.69. The van der Waals surface area contributed by atoms with Crippen molar-refractivity contribution in [1.29, 1.82) is 0 Å². The SMILES string of the molecule is COc1ccc2[nH]cc(C(=O)Nc3cc(C)nc4c(Cl)cccc34)c(=O)c2c1. The Hall–Kier alpha value is -3.38. The van der Waals surface area contributed by atoms with Crippen molar-refractivity contribution in [2.75, 3.05) is 12.4 Å². The van der Waals surface area contributed by atoms with Crippen LogP contribution in [0.4, 0.5) is 5.69 Å². The Morgan fingerprint density at radius 2 is 2.00 bits per heavy atom. The molecule has 28 heavy (non-hydrogen) atoms. The number of H-pyrrole nitrogens is 1. The molecule has 0 aliphatic carbocycles. The summed E-state index contributed by atoms with van der Waals surface area (Å²) in [4.78, 5) is 33.1. The molecule has 2 aromatic carbocycles. The predicted molar refractivity (Wildman–Crippen MR) is 111 cm³/mol. The van der Waals surface area contributed by atoms with Gasteiger partial charge in [-0.05, 0) is 37.3 Å². The van der Waals surface area contributed by atoms with E-state index >= 15 is 0 Å². The summed E-state index contributed by atoms with van der Waals surface area (Å²) < 4.78 is 5.17. The predicted octanol–water partition coefficient (Wildman–Crippen LogP) is 4.30. The van der Waals surface area contributed by atoms with Gasteiger partial charge in [0.25, 0.3) is 5.91 Å². The number of rotatable bonds is 3. The first-order valence-corrected chi connectivity index (χ1v) is 8.92. The number of nitrogens with one attached hydrogen (secondary N) is 2. The van der Waals surface area contributed by atoms with E-state index in [0.29, 0.717) is 44.0 Å². The minimum absolute atomic E-state index is 0.00500. The summed E-state index contributed by atoms with van der Waals surface area (Å²) in [7, 11) is 1.52. The number of hydrogen-bond donors (Lipinski definition) is 2. The molecule has 0 radical (unpaired) electrons. The van der Waals surface area contributed by atoms with Crippen molar-refractivity contribution in [3.05, 3.63) is 75.2 Å². The highest BCUT2D eigenvalue weighted by Gasteiger charge is 2.16. The first-order valence-electron chi connectivity index (χ1n) is 8.54. The minimum atomic E-state index is -0.516. The highest BCUT2D eigenvalue weighted by atomic mass is 35.5. The van der Waals surface area contributed by atoms with Crippen LogP contribution < -0.4 is 15.5 Å². The molecule has 6 nitrogen and oxygen atoms in total. The molecule has 4 rings (SSSR count). The molecular weight excluding hydrogens is 378 g/mol. The van der Waals surface area contributed by atoms with Crippen molar-refractivity contribution in [1.82, 2.24) is 9.97 Å². The number of carbonyl (C=O) groups excluding carboxylic acids is 1. The number of aromatic nitrogens is 2. The Balaban J connectivity index is 1.79. The molecule has 0 bridgehead atoms. The van der Waals surface area contributed by atoms with Gasteiger partial charge in [0.15, 0.2) is 0 Å². The molecule has 2 heterocycles. The molecule has 0 aliphatic rings. The molecule has 7 heteroatoms. The number of benzene rings is 2. The maximum Gasteiger partial charge on any atom is 0.261 e. The van der Waals surface area contributed by atoms with E-state index in [1.54, 1.807) is 36.4 Å². The number of anilines is 1. The van der Waals surface area contributed by atoms with Crippen LogP contribution in [-0.4, -0.2) is 23.0 Å². The van der Waals surface area contributed by atoms with Gasteiger partial charge in [0.05, 0.1) is 23.3 Å². The number of para-hydroxylation sites is 1. The van der Waals surface area contributed by atoms with Gasteiger partial charge in [-0.25, -0.2) is 0 Å². The maximum absolute atomic E-state index is 12.9. The molecule has 0 atom stereocenters. The van der Waals surface area contributed by atoms with E-state index in [1.807, 2.05) is 13.0 Å². The first-order chi connectivity index (χ1) is 13.5. The summed E-state index contributed by atoms with van der Waals surface area (Å²) in [6.45, 7) is 1.81. The number of ether oxygens (including phenoxy) is 1. The van der Waals surface area contributed by atoms with E-state index in [-0.39, 0.29) is 11.0 Å². The molecule has 0 unspecified atom stereocenters. The zero-order chi connectivity index (χ0) is 19.8. The normalized spacial score (nSPS) is 11.0. The average molecular weight is 394 g/mol. The number of amides is 1. The summed E-state index contributed by atoms with van der Waals surface area (Å²) >= 11 is 6.23. The molecule has 140 valence electrons. The van der Waals surface area contributed by atoms with Crippen molar-refractivity contribution in [3.8, 4) is 5.75 Å². The maximum atomic E-state index is 12.9. The lowest BCUT2D eigenvalue weighted by Gasteiger charge is -2.11. The molecule has 0 fully saturated rings. The van der Waals surface area contributed by atoms with Crippen LogP contribution in [0.1, 0.15) is 16.1 Å². The van der Waals surface area contributed by atoms with E-state index in [4.69, 9.17) is 16.3 Å². The molecule has 2 aromatic heterocycles. The highest BCUT2D eigenvalue weighted by molar-refractivity contribution is 6.35. The van der Waals surface area contributed by atoms with Crippen LogP contribution in [0.25, 0.3) is 21.8 Å². The van der Waals surface area contributed by atoms with E-state index in [0.717, 1.165) is 0 Å². The number of pyridine rings is 2. The lowest BCUT2D eigenvalue weighted by Crippen LogP contribution is -2.22. The molecule has 0 spiro atoms. The second-order valence-corrected chi connectivity index (χ2v) is 6.75. The van der Waals surface area contributed by atoms with E-state index in [9.17, 15) is 9.59 Å². The molecule has 1 amide bonds. The van der Waals surface area contributed by atoms with Crippen molar-refractivity contribution >= 4 is 45.0 Å². The van der Waals surface area contributed by atoms with Gasteiger partial charge in [0.2, 0.25) is 5.43 Å². The van der Waals surface area contributed by atoms with Crippen LogP contribution in [0.2, 0.25) is 5.02 Å². The lowest BCUT2D eigenvalue weighted by atomic mass is 10.1. The first kappa shape index (κ1) is 18.0. The fourth-order valence-corrected chi connectivity index (χ4v) is 3.34. The number of nitrogens with zero attached hydrogens (tertiary/aromatic N) is 1. The third kappa shape index (κ3) is 3.08. The Morgan fingerprint density at radius 3 is 2.79 bits per heavy atom. The second kappa shape index (κ2) is 6.98. The monoisotopic (exact) mass is 393 g/mol. The fourth-order valence-electron chi connectivity index (χ4n) is 3.13. The molecule has 0 saturated heterocycles. The Kier molecular flexibility index (Phi) is 4.49. The molecule has 0 aliphatic heterocycles. The summed E-state index contributed by atoms with van der Waals surface area (Å²) in [6, 6.07) is 12.2. The van der Waals surface area contributed by atoms with Gasteiger partial charge < -0.3 is 15.0 Å². The Morgan fingerprint density at radius 1 is 1.18 bits per heavy atom. The molecule has 2 N–H and O–H groups in total. The van der Waals surface area contributed by atoms with Crippen molar-refractivity contribution < 1.29 is 9.53 Å². The number of fused-ring (bicyclic) bond motifs is 2. The van der Waals surface area contributed by atoms with Crippen LogP contribution in [0.5, 0.6) is 5.75 Å². The van der Waals surface area contributed by atoms with Gasteiger partial charge in [0.1, 0.15) is 11.3 Å². The number of hydrogen-bond acceptors (Lipinski definition) is 4. The van der Waals surface area contributed by atoms with E-state index < -0.39 is 5.91 Å². The Bertz CT molecular complexity index is 1300. The number of aryl methyl sites for hydroxylation is 1. The topological polar surface area (TPSA) is 84.1 Å². The molecule has 4 aromatic rings. The summed E-state index contributed by atoms with van der Waals surface area (Å²) in [5.74, 6) is 0.0267. The van der Waals surface area contributed by atoms with Gasteiger partial charge in [-0.15, -0.1) is 0 Å². The van der Waals surface area contributed by atoms with E-state index in [2.05, 4.69) is 15.3 Å². The van der Waals surface area contributed by atoms with Gasteiger partial charge in [0, 0.05) is 28.2 Å². The number of aromatic amines is 1. The Labute approximate surface area is 165 Å². The van der Waals surface area contributed by atoms with Crippen LogP contribution in [0.15, 0.2) is 53.5 Å². The van der Waals surface area contributed by atoms with Crippen LogP contribution in [0, 0.1) is 6.92 Å². The standard InChI is InChI=1S/C21H16ClN3O3/c1-11-8-18(13-4-3-5-16(22)19(13)24-11)25-21(27)15-10-23-17-7-6-12(28-2)9-14(17)20(15)26/h3-10H,1-2H3,(H,23,26)(H,24,25,27). The lowest BCUT2D eigenvalue weighted by molar-refractivity contribution is 0.102. The van der Waals surface area contributed by atoms with Gasteiger partial charge in [-0.3, -0.25) is 14.6 Å². The van der Waals surface area contributed by atoms with Crippen molar-refractivity contribution in [2.24, 2.45) is 0 Å². The number of halogens is 1. The molecular formula is C21H16ClN3O3. The van der Waals surface area contributed by atoms with E-state index in [1.165, 1.54) is 13.3 Å². The zero-order valence-electron chi connectivity index (χ0n) is 15.2. The second-order valence-electron chi connectivity index (χ2n) is 6.34. The third-order valence-electron chi connectivity index (χ3n) is 4.50. The smallest absolute Gasteiger partial charge is 0.261 e.